The van der Waals surface area contributed by atoms with E-state index >= 15 is 0 Å². The SMILES string of the molecule is C=C/C=N\[C@H](C)[C@@](C)(C=C)C(C)c1cccc2cccc(-c3nc(-c4ccccc4)nc(-c4ccccc4)n3)c12. The van der Waals surface area contributed by atoms with Crippen LogP contribution in [0.2, 0.25) is 0 Å². The minimum Gasteiger partial charge on any atom is -0.289 e. The van der Waals surface area contributed by atoms with E-state index in [1.807, 2.05) is 66.7 Å². The minimum absolute atomic E-state index is 0.00644. The number of hydrogen-bond acceptors (Lipinski definition) is 4. The molecule has 40 heavy (non-hydrogen) atoms. The topological polar surface area (TPSA) is 51.0 Å². The normalized spacial score (nSPS) is 14.5. The fourth-order valence-electron chi connectivity index (χ4n) is 5.24. The van der Waals surface area contributed by atoms with Gasteiger partial charge >= 0.3 is 0 Å². The second-order valence-electron chi connectivity index (χ2n) is 10.3. The van der Waals surface area contributed by atoms with Crippen LogP contribution in [0.15, 0.2) is 127 Å². The van der Waals surface area contributed by atoms with Crippen molar-refractivity contribution in [3.05, 3.63) is 128 Å². The van der Waals surface area contributed by atoms with Crippen LogP contribution >= 0.6 is 0 Å². The first kappa shape index (κ1) is 26.9. The molecule has 4 heteroatoms. The van der Waals surface area contributed by atoms with Gasteiger partial charge in [0.2, 0.25) is 0 Å². The maximum absolute atomic E-state index is 5.03. The molecule has 3 atom stereocenters. The van der Waals surface area contributed by atoms with Crippen molar-refractivity contribution in [1.82, 2.24) is 15.0 Å². The molecule has 0 aliphatic heterocycles. The molecule has 5 rings (SSSR count). The van der Waals surface area contributed by atoms with Crippen molar-refractivity contribution in [1.29, 1.82) is 0 Å². The van der Waals surface area contributed by atoms with E-state index in [4.69, 9.17) is 19.9 Å². The predicted octanol–water partition coefficient (Wildman–Crippen LogP) is 8.97. The third kappa shape index (κ3) is 5.13. The highest BCUT2D eigenvalue weighted by molar-refractivity contribution is 5.98. The molecule has 4 nitrogen and oxygen atoms in total. The van der Waals surface area contributed by atoms with Crippen LogP contribution in [0.5, 0.6) is 0 Å². The van der Waals surface area contributed by atoms with E-state index < -0.39 is 0 Å². The lowest BCUT2D eigenvalue weighted by atomic mass is 9.69. The van der Waals surface area contributed by atoms with Crippen LogP contribution in [0.25, 0.3) is 44.9 Å². The lowest BCUT2D eigenvalue weighted by Gasteiger charge is -2.37. The van der Waals surface area contributed by atoms with Crippen molar-refractivity contribution in [2.45, 2.75) is 32.7 Å². The largest absolute Gasteiger partial charge is 0.289 e. The fourth-order valence-corrected chi connectivity index (χ4v) is 5.24. The summed E-state index contributed by atoms with van der Waals surface area (Å²) in [5.41, 5.74) is 3.78. The van der Waals surface area contributed by atoms with E-state index in [9.17, 15) is 0 Å². The van der Waals surface area contributed by atoms with Crippen molar-refractivity contribution < 1.29 is 0 Å². The molecule has 0 saturated heterocycles. The molecular weight excluding hydrogens is 488 g/mol. The van der Waals surface area contributed by atoms with Gasteiger partial charge in [-0.05, 0) is 29.2 Å². The molecule has 1 heterocycles. The van der Waals surface area contributed by atoms with Gasteiger partial charge in [0.15, 0.2) is 17.5 Å². The average Bonchev–Trinajstić information content (AvgIpc) is 3.02. The Kier molecular flexibility index (Phi) is 7.79. The van der Waals surface area contributed by atoms with Crippen LogP contribution in [0, 0.1) is 5.41 Å². The molecule has 198 valence electrons. The van der Waals surface area contributed by atoms with Crippen LogP contribution in [-0.2, 0) is 0 Å². The van der Waals surface area contributed by atoms with Crippen molar-refractivity contribution >= 4 is 17.0 Å². The zero-order valence-corrected chi connectivity index (χ0v) is 23.3. The molecule has 1 aromatic heterocycles. The van der Waals surface area contributed by atoms with Crippen molar-refractivity contribution in [2.24, 2.45) is 10.4 Å². The Hall–Kier alpha value is -4.70. The number of nitrogens with zero attached hydrogens (tertiary/aromatic N) is 4. The zero-order valence-electron chi connectivity index (χ0n) is 23.3. The highest BCUT2D eigenvalue weighted by atomic mass is 15.0. The third-order valence-electron chi connectivity index (χ3n) is 8.03. The second kappa shape index (κ2) is 11.6. The predicted molar refractivity (Wildman–Crippen MR) is 169 cm³/mol. The summed E-state index contributed by atoms with van der Waals surface area (Å²) in [6.07, 6.45) is 5.53. The van der Waals surface area contributed by atoms with Gasteiger partial charge in [-0.3, -0.25) is 4.99 Å². The monoisotopic (exact) mass is 522 g/mol. The Bertz CT molecular complexity index is 1610. The molecular formula is C36H34N4. The molecule has 0 saturated carbocycles. The first-order valence-electron chi connectivity index (χ1n) is 13.6. The summed E-state index contributed by atoms with van der Waals surface area (Å²) in [5.74, 6) is 2.05. The van der Waals surface area contributed by atoms with E-state index in [2.05, 4.69) is 70.3 Å². The summed E-state index contributed by atoms with van der Waals surface area (Å²) in [6.45, 7) is 14.6. The molecule has 4 aromatic carbocycles. The van der Waals surface area contributed by atoms with E-state index in [1.54, 1.807) is 12.3 Å². The number of benzene rings is 4. The highest BCUT2D eigenvalue weighted by Gasteiger charge is 2.36. The standard InChI is InChI=1S/C36H34N4/c1-6-24-37-26(4)36(5,7-2)25(3)30-22-14-20-27-21-15-23-31(32(27)30)35-39-33(28-16-10-8-11-17-28)38-34(40-35)29-18-12-9-13-19-29/h6-26H,1-2H2,3-5H3/b37-24-/t25?,26-,36+/m1/s1. The van der Waals surface area contributed by atoms with Crippen LogP contribution < -0.4 is 0 Å². The van der Waals surface area contributed by atoms with Gasteiger partial charge in [-0.1, -0.05) is 130 Å². The van der Waals surface area contributed by atoms with Gasteiger partial charge in [0, 0.05) is 28.3 Å². The van der Waals surface area contributed by atoms with E-state index in [0.29, 0.717) is 17.5 Å². The highest BCUT2D eigenvalue weighted by Crippen LogP contribution is 2.45. The van der Waals surface area contributed by atoms with Crippen molar-refractivity contribution in [3.8, 4) is 34.2 Å². The van der Waals surface area contributed by atoms with Gasteiger partial charge in [0.1, 0.15) is 0 Å². The molecule has 0 fully saturated rings. The van der Waals surface area contributed by atoms with Crippen molar-refractivity contribution in [2.75, 3.05) is 0 Å². The summed E-state index contributed by atoms with van der Waals surface area (Å²) in [7, 11) is 0. The molecule has 0 bridgehead atoms. The molecule has 0 radical (unpaired) electrons. The molecule has 1 unspecified atom stereocenters. The van der Waals surface area contributed by atoms with E-state index in [1.165, 1.54) is 5.56 Å². The Morgan fingerprint density at radius 1 is 0.700 bits per heavy atom. The lowest BCUT2D eigenvalue weighted by molar-refractivity contribution is 0.300. The Morgan fingerprint density at radius 3 is 1.80 bits per heavy atom. The summed E-state index contributed by atoms with van der Waals surface area (Å²) in [5, 5.41) is 2.27. The first-order chi connectivity index (χ1) is 19.5. The Labute approximate surface area is 236 Å². The number of hydrogen-bond donors (Lipinski definition) is 0. The number of aromatic nitrogens is 3. The fraction of sp³-hybridized carbons (Fsp3) is 0.167. The van der Waals surface area contributed by atoms with Crippen molar-refractivity contribution in [3.63, 3.8) is 0 Å². The van der Waals surface area contributed by atoms with Crippen LogP contribution in [0.4, 0.5) is 0 Å². The van der Waals surface area contributed by atoms with Crippen LogP contribution in [0.1, 0.15) is 32.3 Å². The number of allylic oxidation sites excluding steroid dienone is 1. The minimum atomic E-state index is -0.301. The zero-order chi connectivity index (χ0) is 28.1. The van der Waals surface area contributed by atoms with Gasteiger partial charge in [0.25, 0.3) is 0 Å². The summed E-state index contributed by atoms with van der Waals surface area (Å²) < 4.78 is 0. The Balaban J connectivity index is 1.75. The number of rotatable bonds is 9. The third-order valence-corrected chi connectivity index (χ3v) is 8.03. The lowest BCUT2D eigenvalue weighted by Crippen LogP contribution is -2.32. The second-order valence-corrected chi connectivity index (χ2v) is 10.3. The van der Waals surface area contributed by atoms with Gasteiger partial charge in [0.05, 0.1) is 6.04 Å². The maximum atomic E-state index is 5.03. The maximum Gasteiger partial charge on any atom is 0.164 e. The van der Waals surface area contributed by atoms with Gasteiger partial charge in [-0.25, -0.2) is 15.0 Å². The molecule has 5 aromatic rings. The molecule has 0 spiro atoms. The summed E-state index contributed by atoms with van der Waals surface area (Å²) in [4.78, 5) is 19.7. The van der Waals surface area contributed by atoms with Gasteiger partial charge in [-0.15, -0.1) is 6.58 Å². The average molecular weight is 523 g/mol. The van der Waals surface area contributed by atoms with Crippen LogP contribution in [-0.4, -0.2) is 27.2 Å². The Morgan fingerprint density at radius 2 is 1.25 bits per heavy atom. The molecule has 0 amide bonds. The smallest absolute Gasteiger partial charge is 0.164 e. The molecule has 0 aliphatic carbocycles. The number of aliphatic imine (C=N–C) groups is 1. The van der Waals surface area contributed by atoms with E-state index in [-0.39, 0.29) is 17.4 Å². The quantitative estimate of drug-likeness (QED) is 0.143. The van der Waals surface area contributed by atoms with Gasteiger partial charge in [-0.2, -0.15) is 0 Å². The molecule has 0 aliphatic rings. The first-order valence-corrected chi connectivity index (χ1v) is 13.6. The van der Waals surface area contributed by atoms with Crippen LogP contribution in [0.3, 0.4) is 0 Å². The summed E-state index contributed by atoms with van der Waals surface area (Å²) >= 11 is 0. The summed E-state index contributed by atoms with van der Waals surface area (Å²) in [6, 6.07) is 33.0. The molecule has 0 N–H and O–H groups in total. The number of fused-ring (bicyclic) bond motifs is 1. The van der Waals surface area contributed by atoms with Gasteiger partial charge < -0.3 is 0 Å². The van der Waals surface area contributed by atoms with E-state index in [0.717, 1.165) is 27.5 Å².